The topological polar surface area (TPSA) is 118 Å². The summed E-state index contributed by atoms with van der Waals surface area (Å²) in [6.45, 7) is 0.287. The monoisotopic (exact) mass is 381 g/mol. The van der Waals surface area contributed by atoms with Crippen molar-refractivity contribution in [3.63, 3.8) is 0 Å². The molecule has 28 heavy (non-hydrogen) atoms. The number of fused-ring (bicyclic) bond motifs is 1. The van der Waals surface area contributed by atoms with Crippen molar-refractivity contribution < 1.29 is 23.6 Å². The first-order valence-electron chi connectivity index (χ1n) is 8.98. The molecule has 2 N–H and O–H groups in total. The van der Waals surface area contributed by atoms with Crippen LogP contribution in [0, 0.1) is 0 Å². The molecule has 2 aromatic heterocycles. The molecule has 1 saturated carbocycles. The van der Waals surface area contributed by atoms with E-state index in [1.165, 1.54) is 12.4 Å². The van der Waals surface area contributed by atoms with Crippen molar-refractivity contribution in [2.45, 2.75) is 37.6 Å². The van der Waals surface area contributed by atoms with Gasteiger partial charge in [-0.2, -0.15) is 0 Å². The Morgan fingerprint density at radius 3 is 2.86 bits per heavy atom. The molecule has 2 heterocycles. The molecule has 8 heteroatoms. The largest absolute Gasteiger partial charge is 0.441 e. The molecule has 0 aliphatic heterocycles. The highest BCUT2D eigenvalue weighted by atomic mass is 16.6. The molecule has 4 rings (SSSR count). The quantitative estimate of drug-likeness (QED) is 0.651. The number of esters is 1. The lowest BCUT2D eigenvalue weighted by atomic mass is 9.98. The highest BCUT2D eigenvalue weighted by Crippen LogP contribution is 2.37. The average Bonchev–Trinajstić information content (AvgIpc) is 3.32. The van der Waals surface area contributed by atoms with Crippen LogP contribution in [0.25, 0.3) is 11.0 Å². The molecule has 1 aliphatic carbocycles. The first kappa shape index (κ1) is 18.1. The third-order valence-electron chi connectivity index (χ3n) is 4.99. The van der Waals surface area contributed by atoms with Crippen molar-refractivity contribution in [2.75, 3.05) is 0 Å². The molecule has 0 saturated heterocycles. The van der Waals surface area contributed by atoms with Gasteiger partial charge in [-0.25, -0.2) is 4.79 Å². The van der Waals surface area contributed by atoms with E-state index in [-0.39, 0.29) is 12.3 Å². The van der Waals surface area contributed by atoms with Crippen LogP contribution in [0.3, 0.4) is 0 Å². The summed E-state index contributed by atoms with van der Waals surface area (Å²) in [6.07, 6.45) is 3.85. The number of carbonyl (C=O) groups excluding carboxylic acids is 2. The van der Waals surface area contributed by atoms with Gasteiger partial charge in [-0.3, -0.25) is 9.78 Å². The lowest BCUT2D eigenvalue weighted by Crippen LogP contribution is -2.54. The van der Waals surface area contributed by atoms with E-state index in [9.17, 15) is 9.59 Å². The van der Waals surface area contributed by atoms with Gasteiger partial charge < -0.3 is 19.7 Å². The number of carbonyl (C=O) groups is 2. The second kappa shape index (κ2) is 7.40. The van der Waals surface area contributed by atoms with E-state index in [0.29, 0.717) is 30.2 Å². The summed E-state index contributed by atoms with van der Waals surface area (Å²) in [5, 5.41) is 4.17. The average molecular weight is 381 g/mol. The van der Waals surface area contributed by atoms with Crippen LogP contribution in [0.15, 0.2) is 53.3 Å². The van der Waals surface area contributed by atoms with Gasteiger partial charge in [0.1, 0.15) is 6.10 Å². The Hall–Kier alpha value is -3.26. The normalized spacial score (nSPS) is 21.6. The molecule has 1 aliphatic rings. The lowest BCUT2D eigenvalue weighted by molar-refractivity contribution is -0.153. The summed E-state index contributed by atoms with van der Waals surface area (Å²) in [5.41, 5.74) is 5.42. The van der Waals surface area contributed by atoms with Gasteiger partial charge in [-0.1, -0.05) is 35.5 Å². The van der Waals surface area contributed by atoms with E-state index in [1.807, 2.05) is 30.3 Å². The molecule has 0 spiro atoms. The number of hydrogen-bond acceptors (Lipinski definition) is 7. The van der Waals surface area contributed by atoms with Crippen LogP contribution >= 0.6 is 0 Å². The van der Waals surface area contributed by atoms with Crippen molar-refractivity contribution in [3.8, 4) is 0 Å². The van der Waals surface area contributed by atoms with Gasteiger partial charge in [-0.05, 0) is 24.8 Å². The molecule has 1 fully saturated rings. The summed E-state index contributed by atoms with van der Waals surface area (Å²) in [5.74, 6) is -1.52. The number of aromatic nitrogens is 2. The first-order valence-corrected chi connectivity index (χ1v) is 8.98. The summed E-state index contributed by atoms with van der Waals surface area (Å²) in [6, 6.07) is 11.1. The molecule has 0 radical (unpaired) electrons. The highest BCUT2D eigenvalue weighted by Gasteiger charge is 2.53. The van der Waals surface area contributed by atoms with Gasteiger partial charge in [0.15, 0.2) is 5.58 Å². The number of nitrogens with two attached hydrogens (primary N) is 1. The van der Waals surface area contributed by atoms with Crippen LogP contribution in [0.4, 0.5) is 0 Å². The van der Waals surface area contributed by atoms with Gasteiger partial charge in [0, 0.05) is 18.5 Å². The summed E-state index contributed by atoms with van der Waals surface area (Å²) in [4.78, 5) is 29.1. The minimum atomic E-state index is -1.54. The molecule has 1 amide bonds. The van der Waals surface area contributed by atoms with Gasteiger partial charge in [-0.15, -0.1) is 0 Å². The molecule has 0 bridgehead atoms. The minimum absolute atomic E-state index is 0.0440. The summed E-state index contributed by atoms with van der Waals surface area (Å²) < 4.78 is 16.7. The SMILES string of the molecule is NC(=O)C1(OC(=O)c2noc3ccncc23)CCCC1OCc1ccccc1. The van der Waals surface area contributed by atoms with Crippen LogP contribution in [-0.4, -0.2) is 33.7 Å². The maximum atomic E-state index is 12.8. The molecule has 2 atom stereocenters. The predicted molar refractivity (Wildman–Crippen MR) is 98.0 cm³/mol. The smallest absolute Gasteiger partial charge is 0.362 e. The number of nitrogens with zero attached hydrogens (tertiary/aromatic N) is 2. The van der Waals surface area contributed by atoms with Crippen LogP contribution in [0.1, 0.15) is 35.3 Å². The van der Waals surface area contributed by atoms with E-state index in [1.54, 1.807) is 6.07 Å². The second-order valence-corrected chi connectivity index (χ2v) is 6.72. The number of primary amides is 1. The van der Waals surface area contributed by atoms with Gasteiger partial charge >= 0.3 is 5.97 Å². The van der Waals surface area contributed by atoms with Crippen molar-refractivity contribution >= 4 is 22.8 Å². The van der Waals surface area contributed by atoms with Crippen molar-refractivity contribution in [2.24, 2.45) is 5.73 Å². The molecular weight excluding hydrogens is 362 g/mol. The fraction of sp³-hybridized carbons (Fsp3) is 0.300. The number of amides is 1. The maximum Gasteiger partial charge on any atom is 0.362 e. The Morgan fingerprint density at radius 1 is 1.25 bits per heavy atom. The maximum absolute atomic E-state index is 12.8. The zero-order valence-corrected chi connectivity index (χ0v) is 15.0. The molecular formula is C20H19N3O5. The molecule has 144 valence electrons. The molecule has 3 aromatic rings. The first-order chi connectivity index (χ1) is 13.6. The number of pyridine rings is 1. The third-order valence-corrected chi connectivity index (χ3v) is 4.99. The molecule has 8 nitrogen and oxygen atoms in total. The number of rotatable bonds is 6. The van der Waals surface area contributed by atoms with Crippen LogP contribution in [0.5, 0.6) is 0 Å². The molecule has 2 unspecified atom stereocenters. The van der Waals surface area contributed by atoms with E-state index < -0.39 is 23.6 Å². The van der Waals surface area contributed by atoms with E-state index in [4.69, 9.17) is 19.7 Å². The van der Waals surface area contributed by atoms with Crippen LogP contribution < -0.4 is 5.73 Å². The lowest BCUT2D eigenvalue weighted by Gasteiger charge is -2.31. The van der Waals surface area contributed by atoms with Crippen molar-refractivity contribution in [1.29, 1.82) is 0 Å². The fourth-order valence-corrected chi connectivity index (χ4v) is 3.53. The Labute approximate surface area is 160 Å². The second-order valence-electron chi connectivity index (χ2n) is 6.72. The van der Waals surface area contributed by atoms with Crippen molar-refractivity contribution in [1.82, 2.24) is 10.1 Å². The van der Waals surface area contributed by atoms with Gasteiger partial charge in [0.05, 0.1) is 12.0 Å². The summed E-state index contributed by atoms with van der Waals surface area (Å²) >= 11 is 0. The third kappa shape index (κ3) is 3.22. The highest BCUT2D eigenvalue weighted by molar-refractivity contribution is 6.02. The van der Waals surface area contributed by atoms with Crippen LogP contribution in [0.2, 0.25) is 0 Å². The molecule has 1 aromatic carbocycles. The number of ether oxygens (including phenoxy) is 2. The predicted octanol–water partition coefficient (Wildman–Crippen LogP) is 2.37. The van der Waals surface area contributed by atoms with Crippen molar-refractivity contribution in [3.05, 3.63) is 60.0 Å². The Bertz CT molecular complexity index is 1000. The van der Waals surface area contributed by atoms with Gasteiger partial charge in [0.2, 0.25) is 11.3 Å². The zero-order valence-electron chi connectivity index (χ0n) is 15.0. The summed E-state index contributed by atoms with van der Waals surface area (Å²) in [7, 11) is 0. The van der Waals surface area contributed by atoms with E-state index in [2.05, 4.69) is 10.1 Å². The Kier molecular flexibility index (Phi) is 4.79. The Morgan fingerprint density at radius 2 is 2.07 bits per heavy atom. The zero-order chi connectivity index (χ0) is 19.6. The Balaban J connectivity index is 1.56. The van der Waals surface area contributed by atoms with E-state index in [0.717, 1.165) is 5.56 Å². The fourth-order valence-electron chi connectivity index (χ4n) is 3.53. The van der Waals surface area contributed by atoms with Gasteiger partial charge in [0.25, 0.3) is 5.91 Å². The number of benzene rings is 1. The number of hydrogen-bond donors (Lipinski definition) is 1. The van der Waals surface area contributed by atoms with E-state index >= 15 is 0 Å². The van der Waals surface area contributed by atoms with Crippen LogP contribution in [-0.2, 0) is 20.9 Å². The standard InChI is InChI=1S/C20H19N3O5/c21-19(25)20(9-4-7-16(20)26-12-13-5-2-1-3-6-13)27-18(24)17-14-11-22-10-8-15(14)28-23-17/h1-3,5-6,8,10-11,16H,4,7,9,12H2,(H2,21,25). The minimum Gasteiger partial charge on any atom is -0.441 e.